The highest BCUT2D eigenvalue weighted by Crippen LogP contribution is 2.38. The van der Waals surface area contributed by atoms with Crippen molar-refractivity contribution in [2.24, 2.45) is 0 Å². The molecule has 0 aliphatic heterocycles. The minimum atomic E-state index is -4.59. The number of rotatable bonds is 6. The largest absolute Gasteiger partial charge is 0.524 e. The number of nitrogens with one attached hydrogen (secondary N) is 1. The van der Waals surface area contributed by atoms with Gasteiger partial charge in [-0.25, -0.2) is 4.57 Å². The van der Waals surface area contributed by atoms with Gasteiger partial charge in [0.15, 0.2) is 5.82 Å². The molecule has 0 fully saturated rings. The second-order valence-corrected chi connectivity index (χ2v) is 8.72. The summed E-state index contributed by atoms with van der Waals surface area (Å²) in [7, 11) is -4.59. The predicted octanol–water partition coefficient (Wildman–Crippen LogP) is 4.21. The zero-order valence-electron chi connectivity index (χ0n) is 14.9. The van der Waals surface area contributed by atoms with Gasteiger partial charge >= 0.3 is 7.82 Å². The summed E-state index contributed by atoms with van der Waals surface area (Å²) in [4.78, 5) is 18.4. The summed E-state index contributed by atoms with van der Waals surface area (Å²) in [5.74, 6) is 0.566. The van der Waals surface area contributed by atoms with Gasteiger partial charge in [0.2, 0.25) is 10.1 Å². The summed E-state index contributed by atoms with van der Waals surface area (Å²) in [6.07, 6.45) is 0. The van der Waals surface area contributed by atoms with Crippen LogP contribution in [-0.2, 0) is 4.57 Å². The Morgan fingerprint density at radius 2 is 1.97 bits per heavy atom. The molecule has 150 valence electrons. The molecule has 29 heavy (non-hydrogen) atoms. The van der Waals surface area contributed by atoms with E-state index in [9.17, 15) is 4.57 Å². The third-order valence-electron chi connectivity index (χ3n) is 4.08. The Bertz CT molecular complexity index is 1210. The highest BCUT2D eigenvalue weighted by molar-refractivity contribution is 7.46. The summed E-state index contributed by atoms with van der Waals surface area (Å²) in [6, 6.07) is 13.8. The standard InChI is InChI=1S/C17H15ClN5O4PS/c1-10(11-5-7-14(8-6-11)27-28(24,25)26)15-20-21-17-23(15)22-16(29-17)19-13-4-2-3-12(18)9-13/h2-10H,1H3,(H,19,22)(H2,24,25,26)/t10-/m0/s1. The number of phosphoric acid groups is 1. The second kappa shape index (κ2) is 7.74. The molecule has 2 heterocycles. The lowest BCUT2D eigenvalue weighted by molar-refractivity contribution is 0.283. The number of phosphoric ester groups is 1. The molecule has 0 saturated heterocycles. The maximum atomic E-state index is 10.9. The van der Waals surface area contributed by atoms with Crippen LogP contribution in [0.2, 0.25) is 5.02 Å². The number of fused-ring (bicyclic) bond motifs is 1. The van der Waals surface area contributed by atoms with Crippen LogP contribution in [0.5, 0.6) is 5.75 Å². The molecule has 0 unspecified atom stereocenters. The Morgan fingerprint density at radius 3 is 2.66 bits per heavy atom. The van der Waals surface area contributed by atoms with E-state index in [0.717, 1.165) is 11.3 Å². The van der Waals surface area contributed by atoms with E-state index in [1.54, 1.807) is 28.8 Å². The van der Waals surface area contributed by atoms with E-state index >= 15 is 0 Å². The number of anilines is 2. The highest BCUT2D eigenvalue weighted by atomic mass is 35.5. The highest BCUT2D eigenvalue weighted by Gasteiger charge is 2.20. The fourth-order valence-corrected chi connectivity index (χ4v) is 4.10. The van der Waals surface area contributed by atoms with Crippen LogP contribution in [0.25, 0.3) is 4.96 Å². The zero-order chi connectivity index (χ0) is 20.6. The first-order valence-electron chi connectivity index (χ1n) is 8.38. The topological polar surface area (TPSA) is 122 Å². The van der Waals surface area contributed by atoms with Gasteiger partial charge in [0.1, 0.15) is 5.75 Å². The number of aromatic nitrogens is 4. The van der Waals surface area contributed by atoms with Gasteiger partial charge in [-0.15, -0.1) is 15.3 Å². The molecule has 0 aliphatic carbocycles. The van der Waals surface area contributed by atoms with Crippen molar-refractivity contribution in [1.29, 1.82) is 0 Å². The second-order valence-electron chi connectivity index (χ2n) is 6.17. The third-order valence-corrected chi connectivity index (χ3v) is 5.58. The van der Waals surface area contributed by atoms with E-state index in [4.69, 9.17) is 21.4 Å². The van der Waals surface area contributed by atoms with Crippen molar-refractivity contribution < 1.29 is 18.9 Å². The molecule has 4 rings (SSSR count). The summed E-state index contributed by atoms with van der Waals surface area (Å²) in [6.45, 7) is 1.94. The molecule has 9 nitrogen and oxygen atoms in total. The molecule has 0 radical (unpaired) electrons. The third kappa shape index (κ3) is 4.58. The molecule has 0 aliphatic rings. The van der Waals surface area contributed by atoms with Crippen LogP contribution in [0.4, 0.5) is 10.8 Å². The zero-order valence-corrected chi connectivity index (χ0v) is 17.4. The first-order chi connectivity index (χ1) is 13.8. The number of halogens is 1. The molecule has 3 N–H and O–H groups in total. The molecule has 4 aromatic rings. The van der Waals surface area contributed by atoms with E-state index in [1.807, 2.05) is 19.1 Å². The number of nitrogens with zero attached hydrogens (tertiary/aromatic N) is 4. The Hall–Kier alpha value is -2.49. The van der Waals surface area contributed by atoms with Crippen LogP contribution in [0, 0.1) is 0 Å². The Labute approximate surface area is 174 Å². The Kier molecular flexibility index (Phi) is 5.28. The van der Waals surface area contributed by atoms with Gasteiger partial charge in [-0.1, -0.05) is 48.1 Å². The maximum Gasteiger partial charge on any atom is 0.524 e. The van der Waals surface area contributed by atoms with E-state index in [0.29, 0.717) is 20.9 Å². The van der Waals surface area contributed by atoms with Crippen molar-refractivity contribution in [3.8, 4) is 5.75 Å². The van der Waals surface area contributed by atoms with Crippen LogP contribution in [0.1, 0.15) is 24.2 Å². The van der Waals surface area contributed by atoms with Gasteiger partial charge < -0.3 is 9.84 Å². The quantitative estimate of drug-likeness (QED) is 0.373. The number of hydrogen-bond acceptors (Lipinski definition) is 7. The molecule has 0 spiro atoms. The van der Waals surface area contributed by atoms with E-state index in [1.165, 1.54) is 23.5 Å². The van der Waals surface area contributed by atoms with Gasteiger partial charge in [0, 0.05) is 16.6 Å². The summed E-state index contributed by atoms with van der Waals surface area (Å²) in [5, 5.41) is 17.4. The van der Waals surface area contributed by atoms with Crippen LogP contribution < -0.4 is 9.84 Å². The Balaban J connectivity index is 1.57. The molecule has 0 bridgehead atoms. The lowest BCUT2D eigenvalue weighted by Crippen LogP contribution is -2.04. The lowest BCUT2D eigenvalue weighted by atomic mass is 10.0. The van der Waals surface area contributed by atoms with Crippen LogP contribution in [-0.4, -0.2) is 29.6 Å². The molecular weight excluding hydrogens is 437 g/mol. The van der Waals surface area contributed by atoms with Crippen LogP contribution in [0.3, 0.4) is 0 Å². The fourth-order valence-electron chi connectivity index (χ4n) is 2.75. The SMILES string of the molecule is C[C@@H](c1ccc(OP(=O)(O)O)cc1)c1nnc2sc(Nc3cccc(Cl)c3)nn12. The normalized spacial score (nSPS) is 12.8. The molecule has 1 atom stereocenters. The minimum Gasteiger partial charge on any atom is -0.404 e. The van der Waals surface area contributed by atoms with Gasteiger partial charge in [-0.05, 0) is 35.9 Å². The monoisotopic (exact) mass is 451 g/mol. The molecule has 0 amide bonds. The smallest absolute Gasteiger partial charge is 0.404 e. The number of benzene rings is 2. The average Bonchev–Trinajstić information content (AvgIpc) is 3.20. The average molecular weight is 452 g/mol. The van der Waals surface area contributed by atoms with Crippen LogP contribution in [0.15, 0.2) is 48.5 Å². The van der Waals surface area contributed by atoms with Crippen LogP contribution >= 0.6 is 30.8 Å². The van der Waals surface area contributed by atoms with Crippen molar-refractivity contribution in [1.82, 2.24) is 19.8 Å². The van der Waals surface area contributed by atoms with Gasteiger partial charge in [-0.2, -0.15) is 4.52 Å². The first kappa shape index (κ1) is 19.8. The van der Waals surface area contributed by atoms with Gasteiger partial charge in [0.25, 0.3) is 0 Å². The molecular formula is C17H15ClN5O4PS. The molecule has 12 heteroatoms. The van der Waals surface area contributed by atoms with E-state index in [2.05, 4.69) is 25.1 Å². The number of hydrogen-bond donors (Lipinski definition) is 3. The summed E-state index contributed by atoms with van der Waals surface area (Å²) in [5.41, 5.74) is 1.69. The predicted molar refractivity (Wildman–Crippen MR) is 110 cm³/mol. The van der Waals surface area contributed by atoms with E-state index < -0.39 is 7.82 Å². The first-order valence-corrected chi connectivity index (χ1v) is 11.1. The minimum absolute atomic E-state index is 0.0855. The van der Waals surface area contributed by atoms with Crippen molar-refractivity contribution in [3.05, 3.63) is 64.9 Å². The summed E-state index contributed by atoms with van der Waals surface area (Å²) < 4.78 is 17.2. The Morgan fingerprint density at radius 1 is 1.21 bits per heavy atom. The molecule has 0 saturated carbocycles. The van der Waals surface area contributed by atoms with Gasteiger partial charge in [-0.3, -0.25) is 9.79 Å². The van der Waals surface area contributed by atoms with Crippen molar-refractivity contribution in [2.75, 3.05) is 5.32 Å². The summed E-state index contributed by atoms with van der Waals surface area (Å²) >= 11 is 7.37. The van der Waals surface area contributed by atoms with E-state index in [-0.39, 0.29) is 11.7 Å². The molecule has 2 aromatic heterocycles. The van der Waals surface area contributed by atoms with Gasteiger partial charge in [0.05, 0.1) is 0 Å². The maximum absolute atomic E-state index is 10.9. The van der Waals surface area contributed by atoms with Crippen molar-refractivity contribution in [2.45, 2.75) is 12.8 Å². The van der Waals surface area contributed by atoms with Crippen molar-refractivity contribution >= 4 is 46.5 Å². The van der Waals surface area contributed by atoms with Crippen molar-refractivity contribution in [3.63, 3.8) is 0 Å². The molecule has 2 aromatic carbocycles. The lowest BCUT2D eigenvalue weighted by Gasteiger charge is -2.11. The fraction of sp³-hybridized carbons (Fsp3) is 0.118.